The minimum absolute atomic E-state index is 0.0161. The monoisotopic (exact) mass is 514 g/mol. The molecule has 0 radical (unpaired) electrons. The molecule has 174 valence electrons. The highest BCUT2D eigenvalue weighted by Gasteiger charge is 2.60. The van der Waals surface area contributed by atoms with Crippen molar-refractivity contribution in [2.24, 2.45) is 5.92 Å². The summed E-state index contributed by atoms with van der Waals surface area (Å²) in [4.78, 5) is 4.82. The van der Waals surface area contributed by atoms with E-state index in [1.165, 1.54) is 0 Å². The van der Waals surface area contributed by atoms with Crippen molar-refractivity contribution < 1.29 is 24.8 Å². The normalized spacial score (nSPS) is 28.8. The van der Waals surface area contributed by atoms with Gasteiger partial charge < -0.3 is 30.1 Å². The SMILES string of the molecule is COc1ccc(CNc2nc3cc(CC4CC[C@@]5(O)[C@@H]4OC(O)[C@@H]5O)ccc3cc2Br)cc1. The summed E-state index contributed by atoms with van der Waals surface area (Å²) in [6.07, 6.45) is -1.35. The molecule has 1 aromatic heterocycles. The number of rotatable bonds is 6. The highest BCUT2D eigenvalue weighted by Crippen LogP contribution is 2.46. The molecule has 0 bridgehead atoms. The first-order chi connectivity index (χ1) is 15.9. The van der Waals surface area contributed by atoms with Crippen LogP contribution in [0.25, 0.3) is 10.9 Å². The van der Waals surface area contributed by atoms with E-state index in [-0.39, 0.29) is 5.92 Å². The second kappa shape index (κ2) is 8.85. The number of anilines is 1. The Morgan fingerprint density at radius 1 is 1.15 bits per heavy atom. The van der Waals surface area contributed by atoms with E-state index < -0.39 is 24.1 Å². The summed E-state index contributed by atoms with van der Waals surface area (Å²) in [5.41, 5.74) is 1.69. The number of nitrogens with zero attached hydrogens (tertiary/aromatic N) is 1. The molecule has 2 aliphatic rings. The number of nitrogens with one attached hydrogen (secondary N) is 1. The fourth-order valence-corrected chi connectivity index (χ4v) is 5.49. The van der Waals surface area contributed by atoms with Crippen LogP contribution >= 0.6 is 15.9 Å². The van der Waals surface area contributed by atoms with Gasteiger partial charge in [0.2, 0.25) is 0 Å². The average molecular weight is 515 g/mol. The number of aromatic nitrogens is 1. The number of hydrogen-bond donors (Lipinski definition) is 4. The van der Waals surface area contributed by atoms with E-state index in [0.29, 0.717) is 19.4 Å². The lowest BCUT2D eigenvalue weighted by Gasteiger charge is -2.25. The predicted molar refractivity (Wildman–Crippen MR) is 128 cm³/mol. The predicted octanol–water partition coefficient (Wildman–Crippen LogP) is 3.38. The number of halogens is 1. The van der Waals surface area contributed by atoms with Gasteiger partial charge >= 0.3 is 0 Å². The lowest BCUT2D eigenvalue weighted by molar-refractivity contribution is -0.137. The van der Waals surface area contributed by atoms with Gasteiger partial charge in [-0.25, -0.2) is 4.98 Å². The topological polar surface area (TPSA) is 104 Å². The molecule has 1 saturated carbocycles. The average Bonchev–Trinajstić information content (AvgIpc) is 3.24. The summed E-state index contributed by atoms with van der Waals surface area (Å²) in [5.74, 6) is 1.60. The molecule has 7 nitrogen and oxygen atoms in total. The number of aliphatic hydroxyl groups is 3. The molecule has 5 rings (SSSR count). The van der Waals surface area contributed by atoms with Crippen LogP contribution in [0.2, 0.25) is 0 Å². The molecular weight excluding hydrogens is 488 g/mol. The van der Waals surface area contributed by atoms with Crippen LogP contribution in [-0.4, -0.2) is 51.5 Å². The van der Waals surface area contributed by atoms with Crippen molar-refractivity contribution in [1.29, 1.82) is 0 Å². The number of aliphatic hydroxyl groups excluding tert-OH is 2. The first-order valence-corrected chi connectivity index (χ1v) is 11.9. The van der Waals surface area contributed by atoms with E-state index in [4.69, 9.17) is 14.5 Å². The maximum absolute atomic E-state index is 10.8. The van der Waals surface area contributed by atoms with Gasteiger partial charge in [-0.3, -0.25) is 0 Å². The zero-order valence-electron chi connectivity index (χ0n) is 18.2. The zero-order chi connectivity index (χ0) is 23.2. The summed E-state index contributed by atoms with van der Waals surface area (Å²) in [7, 11) is 1.65. The van der Waals surface area contributed by atoms with Gasteiger partial charge in [0.15, 0.2) is 6.29 Å². The number of benzene rings is 2. The lowest BCUT2D eigenvalue weighted by Crippen LogP contribution is -2.46. The summed E-state index contributed by atoms with van der Waals surface area (Å²) < 4.78 is 11.6. The van der Waals surface area contributed by atoms with E-state index in [1.807, 2.05) is 36.4 Å². The third kappa shape index (κ3) is 4.22. The van der Waals surface area contributed by atoms with Crippen LogP contribution in [0, 0.1) is 5.92 Å². The lowest BCUT2D eigenvalue weighted by atomic mass is 9.90. The maximum atomic E-state index is 10.8. The third-order valence-corrected chi connectivity index (χ3v) is 7.46. The van der Waals surface area contributed by atoms with Crippen molar-refractivity contribution >= 4 is 32.7 Å². The van der Waals surface area contributed by atoms with Crippen LogP contribution < -0.4 is 10.1 Å². The fraction of sp³-hybridized carbons (Fsp3) is 0.400. The smallest absolute Gasteiger partial charge is 0.184 e. The van der Waals surface area contributed by atoms with Crippen molar-refractivity contribution in [3.63, 3.8) is 0 Å². The second-order valence-electron chi connectivity index (χ2n) is 8.93. The van der Waals surface area contributed by atoms with Crippen LogP contribution in [0.3, 0.4) is 0 Å². The number of pyridine rings is 1. The largest absolute Gasteiger partial charge is 0.497 e. The summed E-state index contributed by atoms with van der Waals surface area (Å²) in [5, 5.41) is 35.1. The van der Waals surface area contributed by atoms with Crippen molar-refractivity contribution in [3.8, 4) is 5.75 Å². The van der Waals surface area contributed by atoms with Crippen molar-refractivity contribution in [3.05, 3.63) is 64.1 Å². The van der Waals surface area contributed by atoms with Crippen LogP contribution in [-0.2, 0) is 17.7 Å². The summed E-state index contributed by atoms with van der Waals surface area (Å²) >= 11 is 3.61. The van der Waals surface area contributed by atoms with E-state index >= 15 is 0 Å². The highest BCUT2D eigenvalue weighted by molar-refractivity contribution is 9.10. The standard InChI is InChI=1S/C25H27BrN2O5/c1-32-18-6-3-14(4-7-18)13-27-23-19(26)12-16-5-2-15(11-20(16)28-23)10-17-8-9-25(31)21(29)24(30)33-22(17)25/h2-7,11-12,17,21-22,24,29-31H,8-10,13H2,1H3,(H,27,28)/t17?,21-,22+,24?,25-/m0/s1. The van der Waals surface area contributed by atoms with E-state index in [1.54, 1.807) is 7.11 Å². The number of fused-ring (bicyclic) bond motifs is 2. The highest BCUT2D eigenvalue weighted by atomic mass is 79.9. The minimum atomic E-state index is -1.37. The molecule has 2 unspecified atom stereocenters. The minimum Gasteiger partial charge on any atom is -0.497 e. The number of hydrogen-bond acceptors (Lipinski definition) is 7. The molecule has 4 N–H and O–H groups in total. The molecule has 0 spiro atoms. The van der Waals surface area contributed by atoms with Crippen molar-refractivity contribution in [2.45, 2.75) is 49.9 Å². The quantitative estimate of drug-likeness (QED) is 0.399. The molecule has 0 amide bonds. The Bertz CT molecular complexity index is 1160. The molecular formula is C25H27BrN2O5. The molecule has 1 aliphatic carbocycles. The molecule has 2 aromatic carbocycles. The van der Waals surface area contributed by atoms with Gasteiger partial charge in [-0.1, -0.05) is 24.3 Å². The van der Waals surface area contributed by atoms with Gasteiger partial charge in [-0.2, -0.15) is 0 Å². The summed E-state index contributed by atoms with van der Waals surface area (Å²) in [6, 6.07) is 16.1. The first kappa shape index (κ1) is 22.6. The second-order valence-corrected chi connectivity index (χ2v) is 9.79. The van der Waals surface area contributed by atoms with Crippen molar-refractivity contribution in [2.75, 3.05) is 12.4 Å². The fourth-order valence-electron chi connectivity index (χ4n) is 5.01. The van der Waals surface area contributed by atoms with Gasteiger partial charge in [-0.05, 0) is 76.5 Å². The molecule has 1 saturated heterocycles. The summed E-state index contributed by atoms with van der Waals surface area (Å²) in [6.45, 7) is 0.630. The molecule has 1 aliphatic heterocycles. The van der Waals surface area contributed by atoms with Gasteiger partial charge in [-0.15, -0.1) is 0 Å². The molecule has 2 fully saturated rings. The van der Waals surface area contributed by atoms with Crippen LogP contribution in [0.5, 0.6) is 5.75 Å². The van der Waals surface area contributed by atoms with Gasteiger partial charge in [0.1, 0.15) is 23.3 Å². The van der Waals surface area contributed by atoms with Crippen LogP contribution in [0.1, 0.15) is 24.0 Å². The Balaban J connectivity index is 1.32. The maximum Gasteiger partial charge on any atom is 0.184 e. The van der Waals surface area contributed by atoms with Gasteiger partial charge in [0.25, 0.3) is 0 Å². The third-order valence-electron chi connectivity index (χ3n) is 6.86. The van der Waals surface area contributed by atoms with Crippen LogP contribution in [0.15, 0.2) is 53.0 Å². The Morgan fingerprint density at radius 2 is 1.91 bits per heavy atom. The van der Waals surface area contributed by atoms with Crippen LogP contribution in [0.4, 0.5) is 5.82 Å². The molecule has 8 heteroatoms. The Hall–Kier alpha value is -2.23. The Kier molecular flexibility index (Phi) is 6.05. The van der Waals surface area contributed by atoms with Gasteiger partial charge in [0.05, 0.1) is 23.2 Å². The van der Waals surface area contributed by atoms with E-state index in [9.17, 15) is 15.3 Å². The molecule has 5 atom stereocenters. The van der Waals surface area contributed by atoms with Crippen molar-refractivity contribution in [1.82, 2.24) is 4.98 Å². The molecule has 3 aromatic rings. The van der Waals surface area contributed by atoms with E-state index in [0.717, 1.165) is 44.5 Å². The Labute approximate surface area is 200 Å². The zero-order valence-corrected chi connectivity index (χ0v) is 19.8. The van der Waals surface area contributed by atoms with Gasteiger partial charge in [0, 0.05) is 11.9 Å². The number of ether oxygens (including phenoxy) is 2. The molecule has 2 heterocycles. The van der Waals surface area contributed by atoms with E-state index in [2.05, 4.69) is 33.4 Å². The molecule has 33 heavy (non-hydrogen) atoms. The Morgan fingerprint density at radius 3 is 2.67 bits per heavy atom. The number of methoxy groups -OCH3 is 1. The first-order valence-electron chi connectivity index (χ1n) is 11.1.